The van der Waals surface area contributed by atoms with Crippen molar-refractivity contribution in [2.45, 2.75) is 12.8 Å². The van der Waals surface area contributed by atoms with Gasteiger partial charge in [-0.1, -0.05) is 11.6 Å². The molecule has 0 amide bonds. The summed E-state index contributed by atoms with van der Waals surface area (Å²) in [5.41, 5.74) is 2.72. The maximum Gasteiger partial charge on any atom is 0.00215 e. The summed E-state index contributed by atoms with van der Waals surface area (Å²) in [7, 11) is 0. The molecule has 1 unspecified atom stereocenters. The Morgan fingerprint density at radius 2 is 2.67 bits per heavy atom. The fourth-order valence-electron chi connectivity index (χ4n) is 1.78. The molecule has 2 saturated carbocycles. The zero-order valence-electron chi connectivity index (χ0n) is 3.57. The minimum atomic E-state index is 0.917. The van der Waals surface area contributed by atoms with E-state index in [1.165, 1.54) is 6.42 Å². The molecule has 3 rings (SSSR count). The van der Waals surface area contributed by atoms with Gasteiger partial charge in [0.25, 0.3) is 0 Å². The fourth-order valence-corrected chi connectivity index (χ4v) is 1.78. The van der Waals surface area contributed by atoms with Gasteiger partial charge in [-0.25, -0.2) is 0 Å². The van der Waals surface area contributed by atoms with Crippen molar-refractivity contribution in [3.8, 4) is 0 Å². The summed E-state index contributed by atoms with van der Waals surface area (Å²) in [5.74, 6) is 1.14. The van der Waals surface area contributed by atoms with Gasteiger partial charge in [0.2, 0.25) is 0 Å². The number of allylic oxidation sites excluding steroid dienone is 2. The molecule has 0 radical (unpaired) electrons. The molecular formula is C6H6. The van der Waals surface area contributed by atoms with Crippen LogP contribution in [-0.2, 0) is 0 Å². The van der Waals surface area contributed by atoms with Gasteiger partial charge in [-0.3, -0.25) is 0 Å². The second-order valence-electron chi connectivity index (χ2n) is 2.78. The van der Waals surface area contributed by atoms with Crippen LogP contribution in [0.3, 0.4) is 0 Å². The number of hydrogen-bond acceptors (Lipinski definition) is 0. The zero-order chi connectivity index (χ0) is 3.78. The van der Waals surface area contributed by atoms with E-state index < -0.39 is 0 Å². The Labute approximate surface area is 36.9 Å². The van der Waals surface area contributed by atoms with Crippen molar-refractivity contribution in [2.24, 2.45) is 11.3 Å². The molecule has 0 heterocycles. The maximum absolute atomic E-state index is 2.40. The van der Waals surface area contributed by atoms with Gasteiger partial charge in [0, 0.05) is 5.41 Å². The molecule has 3 aliphatic carbocycles. The molecule has 2 fully saturated rings. The maximum atomic E-state index is 2.40. The van der Waals surface area contributed by atoms with Gasteiger partial charge in [0.15, 0.2) is 0 Å². The lowest BCUT2D eigenvalue weighted by Crippen LogP contribution is -1.94. The fraction of sp³-hybridized carbons (Fsp3) is 0.667. The van der Waals surface area contributed by atoms with Crippen molar-refractivity contribution < 1.29 is 0 Å². The first-order valence-electron chi connectivity index (χ1n) is 2.64. The highest BCUT2D eigenvalue weighted by atomic mass is 14.8. The van der Waals surface area contributed by atoms with E-state index in [2.05, 4.69) is 6.08 Å². The van der Waals surface area contributed by atoms with Gasteiger partial charge in [0.1, 0.15) is 0 Å². The van der Waals surface area contributed by atoms with E-state index in [0.717, 1.165) is 11.3 Å². The average molecular weight is 78.1 g/mol. The van der Waals surface area contributed by atoms with Crippen molar-refractivity contribution in [2.75, 3.05) is 0 Å². The molecule has 0 heteroatoms. The highest BCUT2D eigenvalue weighted by Gasteiger charge is 2.77. The molecule has 0 aliphatic heterocycles. The van der Waals surface area contributed by atoms with Crippen LogP contribution in [0.15, 0.2) is 11.6 Å². The Kier molecular flexibility index (Phi) is 0.109. The second-order valence-corrected chi connectivity index (χ2v) is 2.78. The topological polar surface area (TPSA) is 0 Å². The van der Waals surface area contributed by atoms with Crippen molar-refractivity contribution in [3.63, 3.8) is 0 Å². The van der Waals surface area contributed by atoms with Crippen molar-refractivity contribution in [1.29, 1.82) is 0 Å². The molecule has 0 nitrogen and oxygen atoms in total. The summed E-state index contributed by atoms with van der Waals surface area (Å²) in [5, 5.41) is 0. The van der Waals surface area contributed by atoms with Crippen LogP contribution < -0.4 is 0 Å². The highest BCUT2D eigenvalue weighted by Crippen LogP contribution is 2.86. The smallest absolute Gasteiger partial charge is 0.00215 e. The van der Waals surface area contributed by atoms with Gasteiger partial charge in [-0.15, -0.1) is 0 Å². The zero-order valence-corrected chi connectivity index (χ0v) is 3.57. The lowest BCUT2D eigenvalue weighted by molar-refractivity contribution is 0.681. The first-order valence-corrected chi connectivity index (χ1v) is 2.64. The standard InChI is InChI=1S/C6H6/c1-2-6-3-5(6)4(1)6/h1,5H,2-3H2/t5-,6?/m0/s1. The first kappa shape index (κ1) is 2.15. The third-order valence-corrected chi connectivity index (χ3v) is 2.63. The molecule has 0 saturated heterocycles. The Bertz CT molecular complexity index is 155. The Morgan fingerprint density at radius 3 is 2.67 bits per heavy atom. The molecule has 1 spiro atoms. The monoisotopic (exact) mass is 78.0 g/mol. The van der Waals surface area contributed by atoms with Gasteiger partial charge < -0.3 is 0 Å². The van der Waals surface area contributed by atoms with Crippen molar-refractivity contribution in [1.82, 2.24) is 0 Å². The number of hydrogen-bond donors (Lipinski definition) is 0. The Balaban J connectivity index is 2.46. The molecule has 3 aliphatic rings. The van der Waals surface area contributed by atoms with Crippen LogP contribution in [0, 0.1) is 11.3 Å². The predicted octanol–water partition coefficient (Wildman–Crippen LogP) is 1.34. The van der Waals surface area contributed by atoms with Crippen molar-refractivity contribution >= 4 is 0 Å². The molecule has 6 heavy (non-hydrogen) atoms. The number of rotatable bonds is 0. The summed E-state index contributed by atoms with van der Waals surface area (Å²) in [6.07, 6.45) is 5.39. The second kappa shape index (κ2) is 0.305. The highest BCUT2D eigenvalue weighted by molar-refractivity contribution is 5.58. The molecule has 0 aromatic carbocycles. The first-order chi connectivity index (χ1) is 2.93. The lowest BCUT2D eigenvalue weighted by atomic mass is 9.97. The molecule has 2 atom stereocenters. The molecule has 30 valence electrons. The van der Waals surface area contributed by atoms with E-state index in [1.54, 1.807) is 6.42 Å². The van der Waals surface area contributed by atoms with Crippen LogP contribution in [0.4, 0.5) is 0 Å². The minimum Gasteiger partial charge on any atom is -0.0835 e. The van der Waals surface area contributed by atoms with E-state index in [4.69, 9.17) is 0 Å². The summed E-state index contributed by atoms with van der Waals surface area (Å²) in [4.78, 5) is 0. The molecule has 0 N–H and O–H groups in total. The third-order valence-electron chi connectivity index (χ3n) is 2.63. The normalized spacial score (nSPS) is 66.7. The average Bonchev–Trinajstić information content (AvgIpc) is 2.22. The van der Waals surface area contributed by atoms with Crippen LogP contribution >= 0.6 is 0 Å². The molecule has 0 aromatic heterocycles. The lowest BCUT2D eigenvalue weighted by Gasteiger charge is -2.08. The summed E-state index contributed by atoms with van der Waals surface area (Å²) in [6, 6.07) is 0. The van der Waals surface area contributed by atoms with E-state index >= 15 is 0 Å². The van der Waals surface area contributed by atoms with E-state index in [-0.39, 0.29) is 0 Å². The molecule has 0 aromatic rings. The van der Waals surface area contributed by atoms with Crippen LogP contribution in [0.25, 0.3) is 0 Å². The summed E-state index contributed by atoms with van der Waals surface area (Å²) < 4.78 is 0. The van der Waals surface area contributed by atoms with Crippen LogP contribution in [-0.4, -0.2) is 0 Å². The SMILES string of the molecule is C1=C2[C@@H]3CC23C1. The summed E-state index contributed by atoms with van der Waals surface area (Å²) >= 11 is 0. The van der Waals surface area contributed by atoms with Gasteiger partial charge in [0.05, 0.1) is 0 Å². The molecule has 0 bridgehead atoms. The molecular weight excluding hydrogens is 72.1 g/mol. The Hall–Kier alpha value is -0.260. The van der Waals surface area contributed by atoms with E-state index in [9.17, 15) is 0 Å². The van der Waals surface area contributed by atoms with E-state index in [1.807, 2.05) is 5.57 Å². The van der Waals surface area contributed by atoms with Crippen LogP contribution in [0.5, 0.6) is 0 Å². The predicted molar refractivity (Wildman–Crippen MR) is 23.2 cm³/mol. The minimum absolute atomic E-state index is 0.917. The van der Waals surface area contributed by atoms with Gasteiger partial charge in [-0.2, -0.15) is 0 Å². The van der Waals surface area contributed by atoms with Crippen LogP contribution in [0.2, 0.25) is 0 Å². The van der Waals surface area contributed by atoms with Gasteiger partial charge >= 0.3 is 0 Å². The van der Waals surface area contributed by atoms with Crippen LogP contribution in [0.1, 0.15) is 12.8 Å². The van der Waals surface area contributed by atoms with E-state index in [0.29, 0.717) is 0 Å². The van der Waals surface area contributed by atoms with Gasteiger partial charge in [-0.05, 0) is 18.8 Å². The summed E-state index contributed by atoms with van der Waals surface area (Å²) in [6.45, 7) is 0. The Morgan fingerprint density at radius 1 is 1.83 bits per heavy atom. The third kappa shape index (κ3) is 0.0543. The number of fused-ring (bicyclic) bond motifs is 1. The largest absolute Gasteiger partial charge is 0.0835 e. The quantitative estimate of drug-likeness (QED) is 0.383. The van der Waals surface area contributed by atoms with Crippen molar-refractivity contribution in [3.05, 3.63) is 11.6 Å².